The predicted octanol–water partition coefficient (Wildman–Crippen LogP) is 3.00. The van der Waals surface area contributed by atoms with Gasteiger partial charge in [-0.05, 0) is 37.2 Å². The highest BCUT2D eigenvalue weighted by Gasteiger charge is 2.25. The van der Waals surface area contributed by atoms with E-state index in [0.29, 0.717) is 17.8 Å². The first kappa shape index (κ1) is 19.4. The van der Waals surface area contributed by atoms with Gasteiger partial charge < -0.3 is 15.4 Å². The minimum atomic E-state index is -0.569. The van der Waals surface area contributed by atoms with Crippen LogP contribution in [0.25, 0.3) is 22.2 Å². The van der Waals surface area contributed by atoms with Crippen molar-refractivity contribution >= 4 is 11.0 Å². The molecule has 0 amide bonds. The summed E-state index contributed by atoms with van der Waals surface area (Å²) in [6.07, 6.45) is 7.40. The number of fused-ring (bicyclic) bond motifs is 1. The van der Waals surface area contributed by atoms with Crippen molar-refractivity contribution in [1.82, 2.24) is 25.1 Å². The van der Waals surface area contributed by atoms with Gasteiger partial charge in [0, 0.05) is 41.6 Å². The van der Waals surface area contributed by atoms with E-state index >= 15 is 0 Å². The van der Waals surface area contributed by atoms with E-state index in [1.807, 2.05) is 12.3 Å². The van der Waals surface area contributed by atoms with E-state index in [2.05, 4.69) is 32.2 Å². The molecule has 0 spiro atoms. The van der Waals surface area contributed by atoms with Gasteiger partial charge in [-0.3, -0.25) is 4.68 Å². The number of benzene rings is 1. The molecule has 5 rings (SSSR count). The summed E-state index contributed by atoms with van der Waals surface area (Å²) in [7, 11) is 0. The summed E-state index contributed by atoms with van der Waals surface area (Å²) in [5.41, 5.74) is 3.00. The van der Waals surface area contributed by atoms with Gasteiger partial charge >= 0.3 is 0 Å². The Kier molecular flexibility index (Phi) is 4.98. The first-order valence-corrected chi connectivity index (χ1v) is 9.96. The number of hydrogen-bond acceptors (Lipinski definition) is 4. The molecule has 0 aliphatic carbocycles. The molecular formula is C23H19F2N5O. The number of halogens is 2. The number of piperidine rings is 1. The second-order valence-electron chi connectivity index (χ2n) is 7.53. The Morgan fingerprint density at radius 3 is 2.84 bits per heavy atom. The van der Waals surface area contributed by atoms with E-state index < -0.39 is 17.7 Å². The summed E-state index contributed by atoms with van der Waals surface area (Å²) in [4.78, 5) is 7.50. The zero-order valence-corrected chi connectivity index (χ0v) is 16.4. The molecule has 2 unspecified atom stereocenters. The normalized spacial score (nSPS) is 18.7. The van der Waals surface area contributed by atoms with Gasteiger partial charge in [0.15, 0.2) is 0 Å². The fourth-order valence-electron chi connectivity index (χ4n) is 3.80. The Morgan fingerprint density at radius 1 is 1.10 bits per heavy atom. The standard InChI is InChI=1S/C23H19F2N5O/c24-18-3-4-20(25)14(7-18)1-2-15-9-27-23-19(15)8-16(10-28-23)17-11-29-30(13-17)21-5-6-26-12-22(21)31/h3-4,7-11,13,21-22,26,31H,5-6,12H2,(H,27,28). The van der Waals surface area contributed by atoms with Gasteiger partial charge in [0.25, 0.3) is 0 Å². The van der Waals surface area contributed by atoms with Gasteiger partial charge in [-0.25, -0.2) is 13.8 Å². The number of H-pyrrole nitrogens is 1. The van der Waals surface area contributed by atoms with E-state index in [-0.39, 0.29) is 11.6 Å². The largest absolute Gasteiger partial charge is 0.390 e. The molecule has 0 radical (unpaired) electrons. The number of aromatic nitrogens is 4. The molecule has 8 heteroatoms. The van der Waals surface area contributed by atoms with Crippen LogP contribution in [0.15, 0.2) is 49.1 Å². The van der Waals surface area contributed by atoms with Crippen LogP contribution in [0.3, 0.4) is 0 Å². The second kappa shape index (κ2) is 7.95. The Labute approximate surface area is 176 Å². The van der Waals surface area contributed by atoms with Gasteiger partial charge in [-0.2, -0.15) is 5.10 Å². The highest BCUT2D eigenvalue weighted by atomic mass is 19.1. The van der Waals surface area contributed by atoms with Crippen LogP contribution in [0, 0.1) is 23.5 Å². The minimum absolute atomic E-state index is 0.000250. The van der Waals surface area contributed by atoms with Gasteiger partial charge in [0.05, 0.1) is 29.5 Å². The molecular weight excluding hydrogens is 400 g/mol. The smallest absolute Gasteiger partial charge is 0.139 e. The van der Waals surface area contributed by atoms with Gasteiger partial charge in [0.2, 0.25) is 0 Å². The lowest BCUT2D eigenvalue weighted by molar-refractivity contribution is 0.0810. The molecule has 3 aromatic heterocycles. The quantitative estimate of drug-likeness (QED) is 0.437. The van der Waals surface area contributed by atoms with E-state index in [9.17, 15) is 13.9 Å². The SMILES string of the molecule is OC1CNCCC1n1cc(-c2cnc3[nH]cc(C#Cc4cc(F)ccc4F)c3c2)cn1. The van der Waals surface area contributed by atoms with E-state index in [4.69, 9.17) is 0 Å². The molecule has 6 nitrogen and oxygen atoms in total. The van der Waals surface area contributed by atoms with Crippen molar-refractivity contribution in [3.63, 3.8) is 0 Å². The minimum Gasteiger partial charge on any atom is -0.390 e. The Morgan fingerprint density at radius 2 is 1.97 bits per heavy atom. The van der Waals surface area contributed by atoms with Gasteiger partial charge in [0.1, 0.15) is 17.3 Å². The molecule has 1 aromatic carbocycles. The fourth-order valence-corrected chi connectivity index (χ4v) is 3.80. The van der Waals surface area contributed by atoms with Crippen LogP contribution in [0.5, 0.6) is 0 Å². The van der Waals surface area contributed by atoms with Crippen molar-refractivity contribution in [2.75, 3.05) is 13.1 Å². The Bertz CT molecular complexity index is 1320. The van der Waals surface area contributed by atoms with Crippen LogP contribution >= 0.6 is 0 Å². The number of hydrogen-bond donors (Lipinski definition) is 3. The number of β-amino-alcohol motifs (C(OH)–C–C–N with tert-alkyl or cyclic N) is 1. The van der Waals surface area contributed by atoms with E-state index in [1.54, 1.807) is 23.3 Å². The maximum atomic E-state index is 13.9. The first-order valence-electron chi connectivity index (χ1n) is 9.96. The number of nitrogens with one attached hydrogen (secondary N) is 2. The molecule has 0 saturated carbocycles. The fraction of sp³-hybridized carbons (Fsp3) is 0.217. The topological polar surface area (TPSA) is 78.8 Å². The van der Waals surface area contributed by atoms with Crippen LogP contribution < -0.4 is 5.32 Å². The van der Waals surface area contributed by atoms with Crippen LogP contribution in [0.2, 0.25) is 0 Å². The molecule has 1 fully saturated rings. The van der Waals surface area contributed by atoms with Crippen LogP contribution in [-0.2, 0) is 0 Å². The zero-order chi connectivity index (χ0) is 21.4. The van der Waals surface area contributed by atoms with Crippen molar-refractivity contribution in [2.45, 2.75) is 18.6 Å². The second-order valence-corrected chi connectivity index (χ2v) is 7.53. The molecule has 4 aromatic rings. The molecule has 31 heavy (non-hydrogen) atoms. The average Bonchev–Trinajstić information content (AvgIpc) is 3.42. The van der Waals surface area contributed by atoms with Crippen molar-refractivity contribution in [3.8, 4) is 23.0 Å². The third kappa shape index (κ3) is 3.81. The number of aliphatic hydroxyl groups is 1. The lowest BCUT2D eigenvalue weighted by Gasteiger charge is -2.28. The monoisotopic (exact) mass is 419 g/mol. The number of aromatic amines is 1. The maximum Gasteiger partial charge on any atom is 0.139 e. The molecule has 1 aliphatic rings. The highest BCUT2D eigenvalue weighted by Crippen LogP contribution is 2.26. The van der Waals surface area contributed by atoms with Crippen molar-refractivity contribution in [3.05, 3.63) is 71.8 Å². The number of pyridine rings is 1. The summed E-state index contributed by atoms with van der Waals surface area (Å²) in [5, 5.41) is 18.6. The average molecular weight is 419 g/mol. The third-order valence-corrected chi connectivity index (χ3v) is 5.48. The lowest BCUT2D eigenvalue weighted by Crippen LogP contribution is -2.41. The summed E-state index contributed by atoms with van der Waals surface area (Å²) in [6, 6.07) is 5.06. The summed E-state index contributed by atoms with van der Waals surface area (Å²) < 4.78 is 29.1. The molecule has 3 N–H and O–H groups in total. The molecule has 0 bridgehead atoms. The Balaban J connectivity index is 1.48. The van der Waals surface area contributed by atoms with Crippen LogP contribution in [0.1, 0.15) is 23.6 Å². The first-order chi connectivity index (χ1) is 15.1. The van der Waals surface area contributed by atoms with Crippen molar-refractivity contribution in [2.24, 2.45) is 0 Å². The van der Waals surface area contributed by atoms with Crippen LogP contribution in [-0.4, -0.2) is 44.0 Å². The number of aliphatic hydroxyl groups excluding tert-OH is 1. The molecule has 2 atom stereocenters. The summed E-state index contributed by atoms with van der Waals surface area (Å²) in [6.45, 7) is 1.38. The lowest BCUT2D eigenvalue weighted by atomic mass is 10.0. The van der Waals surface area contributed by atoms with Crippen LogP contribution in [0.4, 0.5) is 8.78 Å². The molecule has 156 valence electrons. The van der Waals surface area contributed by atoms with Gasteiger partial charge in [-0.1, -0.05) is 11.8 Å². The third-order valence-electron chi connectivity index (χ3n) is 5.48. The molecule has 4 heterocycles. The van der Waals surface area contributed by atoms with Gasteiger partial charge in [-0.15, -0.1) is 0 Å². The number of rotatable bonds is 2. The van der Waals surface area contributed by atoms with E-state index in [0.717, 1.165) is 47.7 Å². The highest BCUT2D eigenvalue weighted by molar-refractivity contribution is 5.87. The predicted molar refractivity (Wildman–Crippen MR) is 112 cm³/mol. The summed E-state index contributed by atoms with van der Waals surface area (Å²) in [5.74, 6) is 4.49. The zero-order valence-electron chi connectivity index (χ0n) is 16.4. The van der Waals surface area contributed by atoms with E-state index in [1.165, 1.54) is 0 Å². The maximum absolute atomic E-state index is 13.9. The summed E-state index contributed by atoms with van der Waals surface area (Å²) >= 11 is 0. The Hall–Kier alpha value is -3.54. The molecule has 1 aliphatic heterocycles. The van der Waals surface area contributed by atoms with Crippen molar-refractivity contribution < 1.29 is 13.9 Å². The van der Waals surface area contributed by atoms with Crippen molar-refractivity contribution in [1.29, 1.82) is 0 Å². The molecule has 1 saturated heterocycles. The number of nitrogens with zero attached hydrogens (tertiary/aromatic N) is 3.